The highest BCUT2D eigenvalue weighted by molar-refractivity contribution is 7.34. The third-order valence-corrected chi connectivity index (χ3v) is 4.20. The molecule has 114 valence electrons. The lowest BCUT2D eigenvalue weighted by Gasteiger charge is -2.20. The second kappa shape index (κ2) is 7.32. The van der Waals surface area contributed by atoms with E-state index in [-0.39, 0.29) is 33.1 Å². The van der Waals surface area contributed by atoms with Crippen molar-refractivity contribution in [3.8, 4) is 0 Å². The molecular weight excluding hydrogens is 291 g/mol. The summed E-state index contributed by atoms with van der Waals surface area (Å²) in [5.41, 5.74) is 2.43. The zero-order valence-electron chi connectivity index (χ0n) is 12.3. The molecule has 2 unspecified atom stereocenters. The van der Waals surface area contributed by atoms with E-state index in [4.69, 9.17) is 10.2 Å². The largest absolute Gasteiger partial charge is 0.481 e. The van der Waals surface area contributed by atoms with E-state index in [2.05, 4.69) is 0 Å². The number of rotatable bonds is 7. The average Bonchev–Trinajstić information content (AvgIpc) is 2.35. The average molecular weight is 310 g/mol. The third-order valence-electron chi connectivity index (χ3n) is 3.62. The van der Waals surface area contributed by atoms with Gasteiger partial charge in [-0.3, -0.25) is 14.2 Å². The Hall–Kier alpha value is -1.74. The van der Waals surface area contributed by atoms with Crippen LogP contribution < -0.4 is 5.30 Å². The molecule has 0 aliphatic rings. The first kappa shape index (κ1) is 17.3. The van der Waals surface area contributed by atoms with E-state index in [9.17, 15) is 14.2 Å². The molecular formula is C15H19O5P. The molecule has 0 amide bonds. The molecule has 0 aliphatic heterocycles. The number of hydrogen-bond acceptors (Lipinski definition) is 3. The maximum absolute atomic E-state index is 11.3. The van der Waals surface area contributed by atoms with Gasteiger partial charge in [0.15, 0.2) is 8.46 Å². The van der Waals surface area contributed by atoms with Crippen LogP contribution in [0.25, 0.3) is 0 Å². The first-order valence-electron chi connectivity index (χ1n) is 6.68. The second-order valence-corrected chi connectivity index (χ2v) is 5.97. The molecule has 0 radical (unpaired) electrons. The highest BCUT2D eigenvalue weighted by atomic mass is 31.1. The minimum atomic E-state index is -0.917. The maximum atomic E-state index is 11.3. The summed E-state index contributed by atoms with van der Waals surface area (Å²) in [6.07, 6.45) is -0.0534. The fraction of sp³-hybridized carbons (Fsp3) is 0.467. The van der Waals surface area contributed by atoms with E-state index in [1.54, 1.807) is 19.1 Å². The molecule has 0 saturated carbocycles. The summed E-state index contributed by atoms with van der Waals surface area (Å²) >= 11 is 0. The number of carboxylic acids is 2. The Balaban J connectivity index is 3.30. The number of carboxylic acid groups (broad SMARTS) is 2. The van der Waals surface area contributed by atoms with Gasteiger partial charge < -0.3 is 10.2 Å². The molecule has 6 heteroatoms. The number of carbonyl (C=O) groups is 2. The van der Waals surface area contributed by atoms with Crippen LogP contribution in [0.4, 0.5) is 0 Å². The summed E-state index contributed by atoms with van der Waals surface area (Å²) in [7, 11) is -0.159. The highest BCUT2D eigenvalue weighted by Gasteiger charge is 2.21. The van der Waals surface area contributed by atoms with Gasteiger partial charge in [0.2, 0.25) is 0 Å². The Morgan fingerprint density at radius 2 is 1.62 bits per heavy atom. The van der Waals surface area contributed by atoms with Gasteiger partial charge in [0.1, 0.15) is 0 Å². The van der Waals surface area contributed by atoms with E-state index in [1.165, 1.54) is 0 Å². The van der Waals surface area contributed by atoms with Crippen molar-refractivity contribution in [1.29, 1.82) is 0 Å². The van der Waals surface area contributed by atoms with Crippen molar-refractivity contribution in [1.82, 2.24) is 0 Å². The zero-order chi connectivity index (χ0) is 16.2. The predicted molar refractivity (Wildman–Crippen MR) is 79.8 cm³/mol. The van der Waals surface area contributed by atoms with Crippen LogP contribution in [0.15, 0.2) is 12.1 Å². The summed E-state index contributed by atoms with van der Waals surface area (Å²) in [5, 5.41) is 18.4. The Morgan fingerprint density at radius 1 is 1.10 bits per heavy atom. The van der Waals surface area contributed by atoms with Crippen molar-refractivity contribution in [2.45, 2.75) is 45.4 Å². The molecule has 1 aromatic rings. The van der Waals surface area contributed by atoms with Gasteiger partial charge in [-0.15, -0.1) is 0 Å². The maximum Gasteiger partial charge on any atom is 0.303 e. The third kappa shape index (κ3) is 4.36. The lowest BCUT2D eigenvalue weighted by atomic mass is 9.86. The molecule has 0 aromatic heterocycles. The number of aliphatic carboxylic acids is 2. The monoisotopic (exact) mass is 310 g/mol. The van der Waals surface area contributed by atoms with Crippen molar-refractivity contribution in [2.75, 3.05) is 0 Å². The SMILES string of the molecule is Cc1c(C(C)CC(=O)O)ccc(P=O)c1C(C)CC(=O)O. The smallest absolute Gasteiger partial charge is 0.303 e. The summed E-state index contributed by atoms with van der Waals surface area (Å²) in [4.78, 5) is 21.8. The standard InChI is InChI=1S/C15H19O5P/c1-8(6-13(16)17)11-4-5-12(21-20)15(10(11)3)9(2)7-14(18)19/h4-5,8-9H,6-7H2,1-3H3,(H,16,17)(H,18,19). The van der Waals surface area contributed by atoms with Crippen LogP contribution in [-0.4, -0.2) is 22.2 Å². The minimum Gasteiger partial charge on any atom is -0.481 e. The summed E-state index contributed by atoms with van der Waals surface area (Å²) in [6.45, 7) is 5.42. The molecule has 2 atom stereocenters. The molecule has 0 saturated heterocycles. The normalized spacial score (nSPS) is 13.9. The van der Waals surface area contributed by atoms with Gasteiger partial charge in [0.05, 0.1) is 12.8 Å². The topological polar surface area (TPSA) is 91.7 Å². The molecule has 21 heavy (non-hydrogen) atoms. The van der Waals surface area contributed by atoms with E-state index in [0.717, 1.165) is 16.7 Å². The highest BCUT2D eigenvalue weighted by Crippen LogP contribution is 2.30. The van der Waals surface area contributed by atoms with Crippen LogP contribution in [0.2, 0.25) is 0 Å². The van der Waals surface area contributed by atoms with Crippen LogP contribution in [0, 0.1) is 6.92 Å². The summed E-state index contributed by atoms with van der Waals surface area (Å²) in [6, 6.07) is 3.46. The first-order chi connectivity index (χ1) is 9.77. The van der Waals surface area contributed by atoms with Crippen molar-refractivity contribution in [2.24, 2.45) is 0 Å². The molecule has 1 aromatic carbocycles. The number of benzene rings is 1. The Morgan fingerprint density at radius 3 is 2.10 bits per heavy atom. The predicted octanol–water partition coefficient (Wildman–Crippen LogP) is 3.07. The van der Waals surface area contributed by atoms with Gasteiger partial charge in [-0.1, -0.05) is 19.9 Å². The van der Waals surface area contributed by atoms with E-state index in [1.807, 2.05) is 13.8 Å². The quantitative estimate of drug-likeness (QED) is 0.755. The van der Waals surface area contributed by atoms with E-state index >= 15 is 0 Å². The van der Waals surface area contributed by atoms with Crippen LogP contribution in [-0.2, 0) is 14.2 Å². The van der Waals surface area contributed by atoms with Crippen molar-refractivity contribution in [3.05, 3.63) is 28.8 Å². The molecule has 0 heterocycles. The lowest BCUT2D eigenvalue weighted by Crippen LogP contribution is -2.15. The van der Waals surface area contributed by atoms with Crippen LogP contribution in [0.3, 0.4) is 0 Å². The van der Waals surface area contributed by atoms with Crippen molar-refractivity contribution < 1.29 is 24.4 Å². The second-order valence-electron chi connectivity index (χ2n) is 5.30. The van der Waals surface area contributed by atoms with Gasteiger partial charge in [0.25, 0.3) is 0 Å². The Labute approximate surface area is 125 Å². The molecule has 2 N–H and O–H groups in total. The van der Waals surface area contributed by atoms with Crippen molar-refractivity contribution >= 4 is 25.7 Å². The van der Waals surface area contributed by atoms with Gasteiger partial charge in [-0.25, -0.2) is 0 Å². The fourth-order valence-corrected chi connectivity index (χ4v) is 3.32. The molecule has 1 rings (SSSR count). The molecule has 0 fully saturated rings. The number of hydrogen-bond donors (Lipinski definition) is 2. The Bertz CT molecular complexity index is 567. The molecule has 5 nitrogen and oxygen atoms in total. The molecule has 0 spiro atoms. The van der Waals surface area contributed by atoms with Crippen LogP contribution >= 0.6 is 8.46 Å². The minimum absolute atomic E-state index is 0.00201. The van der Waals surface area contributed by atoms with Crippen LogP contribution in [0.5, 0.6) is 0 Å². The zero-order valence-corrected chi connectivity index (χ0v) is 13.2. The fourth-order valence-electron chi connectivity index (χ4n) is 2.70. The van der Waals surface area contributed by atoms with Gasteiger partial charge in [-0.2, -0.15) is 0 Å². The van der Waals surface area contributed by atoms with E-state index < -0.39 is 11.9 Å². The summed E-state index contributed by atoms with van der Waals surface area (Å²) < 4.78 is 11.3. The first-order valence-corrected chi connectivity index (χ1v) is 7.49. The van der Waals surface area contributed by atoms with Gasteiger partial charge in [0, 0.05) is 5.30 Å². The Kier molecular flexibility index (Phi) is 6.03. The van der Waals surface area contributed by atoms with Crippen molar-refractivity contribution in [3.63, 3.8) is 0 Å². The molecule has 0 aliphatic carbocycles. The molecule has 0 bridgehead atoms. The summed E-state index contributed by atoms with van der Waals surface area (Å²) in [5.74, 6) is -2.26. The van der Waals surface area contributed by atoms with Gasteiger partial charge in [-0.05, 0) is 41.5 Å². The van der Waals surface area contributed by atoms with Crippen LogP contribution in [0.1, 0.15) is 55.2 Å². The van der Waals surface area contributed by atoms with E-state index in [0.29, 0.717) is 5.30 Å². The lowest BCUT2D eigenvalue weighted by molar-refractivity contribution is -0.138. The van der Waals surface area contributed by atoms with Gasteiger partial charge >= 0.3 is 11.9 Å².